The van der Waals surface area contributed by atoms with Crippen LogP contribution in [0.25, 0.3) is 5.57 Å². The zero-order valence-corrected chi connectivity index (χ0v) is 9.68. The van der Waals surface area contributed by atoms with Crippen molar-refractivity contribution >= 4 is 11.5 Å². The smallest absolute Gasteiger partial charge is 0.225 e. The fourth-order valence-corrected chi connectivity index (χ4v) is 2.32. The standard InChI is InChI=1S/C14H17NO/c1-9(2)11-8-12(13(11)14(15)16)10-6-4-3-5-7-10/h3-9,11,13H,1-2H3,(H2,15,16). The molecule has 0 aliphatic heterocycles. The Morgan fingerprint density at radius 2 is 1.88 bits per heavy atom. The van der Waals surface area contributed by atoms with Gasteiger partial charge < -0.3 is 5.73 Å². The maximum absolute atomic E-state index is 11.5. The molecule has 0 radical (unpaired) electrons. The van der Waals surface area contributed by atoms with Crippen molar-refractivity contribution in [2.75, 3.05) is 0 Å². The molecule has 2 nitrogen and oxygen atoms in total. The molecule has 0 bridgehead atoms. The van der Waals surface area contributed by atoms with Crippen LogP contribution < -0.4 is 5.73 Å². The lowest BCUT2D eigenvalue weighted by molar-refractivity contribution is -0.121. The van der Waals surface area contributed by atoms with Crippen molar-refractivity contribution in [1.29, 1.82) is 0 Å². The van der Waals surface area contributed by atoms with Crippen molar-refractivity contribution in [2.24, 2.45) is 23.5 Å². The van der Waals surface area contributed by atoms with E-state index in [1.165, 1.54) is 0 Å². The molecule has 0 heterocycles. The van der Waals surface area contributed by atoms with Crippen LogP contribution in [-0.4, -0.2) is 5.91 Å². The third kappa shape index (κ3) is 1.75. The van der Waals surface area contributed by atoms with Crippen LogP contribution in [0, 0.1) is 17.8 Å². The van der Waals surface area contributed by atoms with Crippen molar-refractivity contribution in [3.8, 4) is 0 Å². The first-order valence-electron chi connectivity index (χ1n) is 5.67. The van der Waals surface area contributed by atoms with Crippen molar-refractivity contribution in [2.45, 2.75) is 13.8 Å². The van der Waals surface area contributed by atoms with Gasteiger partial charge in [0.2, 0.25) is 5.91 Å². The number of primary amides is 1. The average molecular weight is 215 g/mol. The Bertz CT molecular complexity index is 420. The van der Waals surface area contributed by atoms with Gasteiger partial charge in [0.25, 0.3) is 0 Å². The number of nitrogens with two attached hydrogens (primary N) is 1. The summed E-state index contributed by atoms with van der Waals surface area (Å²) in [5.74, 6) is 0.445. The third-order valence-electron chi connectivity index (χ3n) is 3.28. The van der Waals surface area contributed by atoms with Gasteiger partial charge in [-0.05, 0) is 23.0 Å². The Kier molecular flexibility index (Phi) is 2.82. The van der Waals surface area contributed by atoms with E-state index in [1.54, 1.807) is 0 Å². The average Bonchev–Trinajstić information content (AvgIpc) is 2.16. The molecule has 2 unspecified atom stereocenters. The summed E-state index contributed by atoms with van der Waals surface area (Å²) in [7, 11) is 0. The molecule has 1 aliphatic rings. The predicted octanol–water partition coefficient (Wildman–Crippen LogP) is 2.46. The molecule has 16 heavy (non-hydrogen) atoms. The number of hydrogen-bond acceptors (Lipinski definition) is 1. The Morgan fingerprint density at radius 3 is 2.38 bits per heavy atom. The largest absolute Gasteiger partial charge is 0.369 e. The van der Waals surface area contributed by atoms with Crippen molar-refractivity contribution < 1.29 is 4.79 Å². The van der Waals surface area contributed by atoms with E-state index in [0.717, 1.165) is 11.1 Å². The topological polar surface area (TPSA) is 43.1 Å². The molecule has 2 atom stereocenters. The van der Waals surface area contributed by atoms with Crippen LogP contribution in [-0.2, 0) is 4.79 Å². The Morgan fingerprint density at radius 1 is 1.25 bits per heavy atom. The molecule has 0 spiro atoms. The SMILES string of the molecule is CC(C)C1C=C(c2ccccc2)C1C(N)=O. The van der Waals surface area contributed by atoms with Crippen LogP contribution in [0.2, 0.25) is 0 Å². The number of amides is 1. The zero-order chi connectivity index (χ0) is 11.7. The molecule has 0 fully saturated rings. The van der Waals surface area contributed by atoms with Gasteiger partial charge in [0.1, 0.15) is 0 Å². The van der Waals surface area contributed by atoms with E-state index in [-0.39, 0.29) is 11.8 Å². The molecule has 0 aromatic heterocycles. The van der Waals surface area contributed by atoms with Crippen LogP contribution in [0.3, 0.4) is 0 Å². The van der Waals surface area contributed by atoms with Crippen LogP contribution in [0.5, 0.6) is 0 Å². The maximum Gasteiger partial charge on any atom is 0.225 e. The molecule has 0 saturated carbocycles. The molecule has 1 aliphatic carbocycles. The van der Waals surface area contributed by atoms with Gasteiger partial charge in [0.15, 0.2) is 0 Å². The van der Waals surface area contributed by atoms with Gasteiger partial charge in [0.05, 0.1) is 5.92 Å². The molecule has 1 amide bonds. The number of rotatable bonds is 3. The van der Waals surface area contributed by atoms with E-state index in [1.807, 2.05) is 30.3 Å². The summed E-state index contributed by atoms with van der Waals surface area (Å²) in [5.41, 5.74) is 7.68. The predicted molar refractivity (Wildman–Crippen MR) is 65.4 cm³/mol. The van der Waals surface area contributed by atoms with Gasteiger partial charge in [-0.25, -0.2) is 0 Å². The fraction of sp³-hybridized carbons (Fsp3) is 0.357. The van der Waals surface area contributed by atoms with Gasteiger partial charge in [-0.1, -0.05) is 50.3 Å². The highest BCUT2D eigenvalue weighted by molar-refractivity contribution is 5.95. The van der Waals surface area contributed by atoms with E-state index in [4.69, 9.17) is 5.73 Å². The molecule has 2 heteroatoms. The summed E-state index contributed by atoms with van der Waals surface area (Å²) in [5, 5.41) is 0. The van der Waals surface area contributed by atoms with Gasteiger partial charge in [-0.15, -0.1) is 0 Å². The van der Waals surface area contributed by atoms with Gasteiger partial charge >= 0.3 is 0 Å². The quantitative estimate of drug-likeness (QED) is 0.827. The Balaban J connectivity index is 2.30. The lowest BCUT2D eigenvalue weighted by Crippen LogP contribution is -2.38. The molecule has 0 saturated heterocycles. The fourth-order valence-electron chi connectivity index (χ4n) is 2.32. The summed E-state index contributed by atoms with van der Waals surface area (Å²) >= 11 is 0. The van der Waals surface area contributed by atoms with E-state index in [2.05, 4.69) is 19.9 Å². The molecule has 1 aromatic carbocycles. The molecule has 2 N–H and O–H groups in total. The van der Waals surface area contributed by atoms with E-state index in [9.17, 15) is 4.79 Å². The monoisotopic (exact) mass is 215 g/mol. The molecule has 84 valence electrons. The van der Waals surface area contributed by atoms with Crippen LogP contribution in [0.4, 0.5) is 0 Å². The summed E-state index contributed by atoms with van der Waals surface area (Å²) in [6, 6.07) is 9.99. The summed E-state index contributed by atoms with van der Waals surface area (Å²) in [6.07, 6.45) is 2.18. The number of hydrogen-bond donors (Lipinski definition) is 1. The van der Waals surface area contributed by atoms with Crippen LogP contribution >= 0.6 is 0 Å². The molecular weight excluding hydrogens is 198 g/mol. The lowest BCUT2D eigenvalue weighted by atomic mass is 9.67. The number of carbonyl (C=O) groups is 1. The summed E-state index contributed by atoms with van der Waals surface area (Å²) in [6.45, 7) is 4.25. The highest BCUT2D eigenvalue weighted by Crippen LogP contribution is 2.43. The van der Waals surface area contributed by atoms with E-state index >= 15 is 0 Å². The highest BCUT2D eigenvalue weighted by Gasteiger charge is 2.38. The molecular formula is C14H17NO. The Hall–Kier alpha value is -1.57. The van der Waals surface area contributed by atoms with E-state index in [0.29, 0.717) is 11.8 Å². The molecule has 1 aromatic rings. The first kappa shape index (κ1) is 10.9. The minimum atomic E-state index is -0.208. The minimum absolute atomic E-state index is 0.109. The van der Waals surface area contributed by atoms with E-state index < -0.39 is 0 Å². The molecule has 2 rings (SSSR count). The van der Waals surface area contributed by atoms with Crippen molar-refractivity contribution in [3.05, 3.63) is 42.0 Å². The minimum Gasteiger partial charge on any atom is -0.369 e. The third-order valence-corrected chi connectivity index (χ3v) is 3.28. The zero-order valence-electron chi connectivity index (χ0n) is 9.68. The lowest BCUT2D eigenvalue weighted by Gasteiger charge is -2.36. The normalized spacial score (nSPS) is 23.8. The summed E-state index contributed by atoms with van der Waals surface area (Å²) in [4.78, 5) is 11.5. The van der Waals surface area contributed by atoms with Crippen LogP contribution in [0.1, 0.15) is 19.4 Å². The van der Waals surface area contributed by atoms with Crippen molar-refractivity contribution in [1.82, 2.24) is 0 Å². The van der Waals surface area contributed by atoms with Crippen LogP contribution in [0.15, 0.2) is 36.4 Å². The second kappa shape index (κ2) is 4.12. The van der Waals surface area contributed by atoms with Gasteiger partial charge in [-0.3, -0.25) is 4.79 Å². The van der Waals surface area contributed by atoms with Gasteiger partial charge in [-0.2, -0.15) is 0 Å². The first-order valence-corrected chi connectivity index (χ1v) is 5.67. The number of benzene rings is 1. The van der Waals surface area contributed by atoms with Gasteiger partial charge in [0, 0.05) is 0 Å². The number of carbonyl (C=O) groups excluding carboxylic acids is 1. The second-order valence-electron chi connectivity index (χ2n) is 4.69. The maximum atomic E-state index is 11.5. The Labute approximate surface area is 96.2 Å². The highest BCUT2D eigenvalue weighted by atomic mass is 16.1. The summed E-state index contributed by atoms with van der Waals surface area (Å²) < 4.78 is 0. The first-order chi connectivity index (χ1) is 7.61. The number of allylic oxidation sites excluding steroid dienone is 1. The second-order valence-corrected chi connectivity index (χ2v) is 4.69. The van der Waals surface area contributed by atoms with Crippen molar-refractivity contribution in [3.63, 3.8) is 0 Å².